The Morgan fingerprint density at radius 1 is 1.04 bits per heavy atom. The Morgan fingerprint density at radius 3 is 2.25 bits per heavy atom. The van der Waals surface area contributed by atoms with Gasteiger partial charge in [-0.3, -0.25) is 9.48 Å². The molecule has 0 unspecified atom stereocenters. The zero-order chi connectivity index (χ0) is 20.3. The number of nitrogens with zero attached hydrogens (tertiary/aromatic N) is 2. The first-order chi connectivity index (χ1) is 13.4. The molecule has 0 spiro atoms. The number of esters is 1. The van der Waals surface area contributed by atoms with E-state index in [9.17, 15) is 14.0 Å². The lowest BCUT2D eigenvalue weighted by molar-refractivity contribution is 0.0600. The van der Waals surface area contributed by atoms with Crippen molar-refractivity contribution in [2.24, 2.45) is 0 Å². The van der Waals surface area contributed by atoms with Crippen LogP contribution >= 0.6 is 0 Å². The number of ether oxygens (including phenoxy) is 1. The molecule has 2 aromatic carbocycles. The Morgan fingerprint density at radius 2 is 1.64 bits per heavy atom. The van der Waals surface area contributed by atoms with Gasteiger partial charge in [0.15, 0.2) is 0 Å². The quantitative estimate of drug-likeness (QED) is 0.684. The number of benzene rings is 2. The first kappa shape index (κ1) is 19.3. The standard InChI is InChI=1S/C21H20FN3O3/c1-13-19(14(2)25(24-13)12-15-4-10-18(22)11-5-15)23-20(26)16-6-8-17(9-7-16)21(27)28-3/h4-11H,12H2,1-3H3,(H,23,26). The van der Waals surface area contributed by atoms with Crippen molar-refractivity contribution < 1.29 is 18.7 Å². The Hall–Kier alpha value is -3.48. The van der Waals surface area contributed by atoms with Gasteiger partial charge in [0.05, 0.1) is 36.3 Å². The van der Waals surface area contributed by atoms with Crippen molar-refractivity contribution in [1.29, 1.82) is 0 Å². The summed E-state index contributed by atoms with van der Waals surface area (Å²) in [6.45, 7) is 4.14. The summed E-state index contributed by atoms with van der Waals surface area (Å²) in [6, 6.07) is 12.4. The van der Waals surface area contributed by atoms with Crippen molar-refractivity contribution in [3.63, 3.8) is 0 Å². The normalized spacial score (nSPS) is 10.6. The number of aryl methyl sites for hydroxylation is 1. The van der Waals surface area contributed by atoms with E-state index in [1.165, 1.54) is 19.2 Å². The minimum atomic E-state index is -0.458. The molecule has 0 radical (unpaired) electrons. The van der Waals surface area contributed by atoms with E-state index in [1.54, 1.807) is 41.1 Å². The maximum Gasteiger partial charge on any atom is 0.337 e. The van der Waals surface area contributed by atoms with Crippen LogP contribution in [-0.2, 0) is 11.3 Å². The van der Waals surface area contributed by atoms with Gasteiger partial charge in [0, 0.05) is 5.56 Å². The number of hydrogen-bond donors (Lipinski definition) is 1. The van der Waals surface area contributed by atoms with Crippen LogP contribution in [0.4, 0.5) is 10.1 Å². The van der Waals surface area contributed by atoms with Crippen molar-refractivity contribution in [3.05, 3.63) is 82.4 Å². The SMILES string of the molecule is COC(=O)c1ccc(C(=O)Nc2c(C)nn(Cc3ccc(F)cc3)c2C)cc1. The van der Waals surface area contributed by atoms with Crippen molar-refractivity contribution in [2.75, 3.05) is 12.4 Å². The Labute approximate surface area is 161 Å². The van der Waals surface area contributed by atoms with E-state index in [-0.39, 0.29) is 11.7 Å². The van der Waals surface area contributed by atoms with Gasteiger partial charge in [-0.05, 0) is 55.8 Å². The molecule has 0 aliphatic carbocycles. The van der Waals surface area contributed by atoms with Gasteiger partial charge in [0.25, 0.3) is 5.91 Å². The molecule has 7 heteroatoms. The Balaban J connectivity index is 1.76. The third-order valence-corrected chi connectivity index (χ3v) is 4.43. The number of methoxy groups -OCH3 is 1. The van der Waals surface area contributed by atoms with Crippen LogP contribution in [0, 0.1) is 19.7 Å². The van der Waals surface area contributed by atoms with Gasteiger partial charge >= 0.3 is 5.97 Å². The molecule has 6 nitrogen and oxygen atoms in total. The lowest BCUT2D eigenvalue weighted by Gasteiger charge is -2.08. The number of carbonyl (C=O) groups excluding carboxylic acids is 2. The van der Waals surface area contributed by atoms with Crippen LogP contribution < -0.4 is 5.32 Å². The molecule has 0 aliphatic rings. The largest absolute Gasteiger partial charge is 0.465 e. The molecular formula is C21H20FN3O3. The van der Waals surface area contributed by atoms with E-state index in [1.807, 2.05) is 13.8 Å². The molecule has 28 heavy (non-hydrogen) atoms. The molecule has 0 bridgehead atoms. The van der Waals surface area contributed by atoms with Gasteiger partial charge in [0.2, 0.25) is 0 Å². The molecule has 0 saturated carbocycles. The highest BCUT2D eigenvalue weighted by Gasteiger charge is 2.16. The molecule has 1 N–H and O–H groups in total. The summed E-state index contributed by atoms with van der Waals surface area (Å²) < 4.78 is 19.5. The zero-order valence-electron chi connectivity index (χ0n) is 15.8. The Kier molecular flexibility index (Phi) is 5.54. The highest BCUT2D eigenvalue weighted by molar-refractivity contribution is 6.05. The summed E-state index contributed by atoms with van der Waals surface area (Å²) in [5.41, 5.74) is 3.80. The van der Waals surface area contributed by atoms with Gasteiger partial charge < -0.3 is 10.1 Å². The maximum atomic E-state index is 13.1. The second-order valence-electron chi connectivity index (χ2n) is 6.35. The summed E-state index contributed by atoms with van der Waals surface area (Å²) in [7, 11) is 1.30. The molecule has 144 valence electrons. The fraction of sp³-hybridized carbons (Fsp3) is 0.190. The first-order valence-electron chi connectivity index (χ1n) is 8.67. The van der Waals surface area contributed by atoms with Gasteiger partial charge in [-0.2, -0.15) is 5.10 Å². The van der Waals surface area contributed by atoms with Gasteiger partial charge in [0.1, 0.15) is 5.82 Å². The average Bonchev–Trinajstić information content (AvgIpc) is 2.96. The molecular weight excluding hydrogens is 361 g/mol. The van der Waals surface area contributed by atoms with E-state index < -0.39 is 5.97 Å². The van der Waals surface area contributed by atoms with E-state index in [0.717, 1.165) is 11.3 Å². The van der Waals surface area contributed by atoms with Crippen molar-refractivity contribution in [2.45, 2.75) is 20.4 Å². The fourth-order valence-corrected chi connectivity index (χ4v) is 2.86. The third kappa shape index (κ3) is 4.09. The summed E-state index contributed by atoms with van der Waals surface area (Å²) in [5, 5.41) is 7.34. The maximum absolute atomic E-state index is 13.1. The predicted molar refractivity (Wildman–Crippen MR) is 103 cm³/mol. The number of carbonyl (C=O) groups is 2. The highest BCUT2D eigenvalue weighted by atomic mass is 19.1. The van der Waals surface area contributed by atoms with Gasteiger partial charge in [-0.25, -0.2) is 9.18 Å². The fourth-order valence-electron chi connectivity index (χ4n) is 2.86. The second kappa shape index (κ2) is 8.04. The monoisotopic (exact) mass is 381 g/mol. The predicted octanol–water partition coefficient (Wildman–Crippen LogP) is 3.73. The van der Waals surface area contributed by atoms with E-state index in [2.05, 4.69) is 15.2 Å². The van der Waals surface area contributed by atoms with Crippen LogP contribution in [0.5, 0.6) is 0 Å². The molecule has 0 aliphatic heterocycles. The van der Waals surface area contributed by atoms with Crippen LogP contribution in [0.15, 0.2) is 48.5 Å². The lowest BCUT2D eigenvalue weighted by atomic mass is 10.1. The zero-order valence-corrected chi connectivity index (χ0v) is 15.8. The molecule has 0 atom stereocenters. The van der Waals surface area contributed by atoms with Gasteiger partial charge in [-0.15, -0.1) is 0 Å². The first-order valence-corrected chi connectivity index (χ1v) is 8.67. The molecule has 1 amide bonds. The summed E-state index contributed by atoms with van der Waals surface area (Å²) in [6.07, 6.45) is 0. The minimum absolute atomic E-state index is 0.289. The summed E-state index contributed by atoms with van der Waals surface area (Å²) >= 11 is 0. The molecule has 3 rings (SSSR count). The van der Waals surface area contributed by atoms with Gasteiger partial charge in [-0.1, -0.05) is 12.1 Å². The minimum Gasteiger partial charge on any atom is -0.465 e. The highest BCUT2D eigenvalue weighted by Crippen LogP contribution is 2.21. The molecule has 3 aromatic rings. The number of rotatable bonds is 5. The van der Waals surface area contributed by atoms with E-state index >= 15 is 0 Å². The number of anilines is 1. The molecule has 1 heterocycles. The number of halogens is 1. The summed E-state index contributed by atoms with van der Waals surface area (Å²) in [4.78, 5) is 24.1. The molecule has 0 fully saturated rings. The lowest BCUT2D eigenvalue weighted by Crippen LogP contribution is -2.14. The van der Waals surface area contributed by atoms with Crippen LogP contribution in [0.3, 0.4) is 0 Å². The Bertz CT molecular complexity index is 1010. The smallest absolute Gasteiger partial charge is 0.337 e. The van der Waals surface area contributed by atoms with Crippen molar-refractivity contribution in [1.82, 2.24) is 9.78 Å². The molecule has 0 saturated heterocycles. The van der Waals surface area contributed by atoms with Crippen molar-refractivity contribution >= 4 is 17.6 Å². The number of aromatic nitrogens is 2. The molecule has 1 aromatic heterocycles. The van der Waals surface area contributed by atoms with Crippen molar-refractivity contribution in [3.8, 4) is 0 Å². The van der Waals surface area contributed by atoms with Crippen LogP contribution in [0.25, 0.3) is 0 Å². The number of nitrogens with one attached hydrogen (secondary N) is 1. The second-order valence-corrected chi connectivity index (χ2v) is 6.35. The third-order valence-electron chi connectivity index (χ3n) is 4.43. The van der Waals surface area contributed by atoms with Crippen LogP contribution in [-0.4, -0.2) is 28.8 Å². The van der Waals surface area contributed by atoms with Crippen LogP contribution in [0.1, 0.15) is 37.7 Å². The van der Waals surface area contributed by atoms with E-state index in [0.29, 0.717) is 29.1 Å². The number of amides is 1. The average molecular weight is 381 g/mol. The topological polar surface area (TPSA) is 73.2 Å². The van der Waals surface area contributed by atoms with E-state index in [4.69, 9.17) is 0 Å². The number of hydrogen-bond acceptors (Lipinski definition) is 4. The summed E-state index contributed by atoms with van der Waals surface area (Å²) in [5.74, 6) is -1.05. The van der Waals surface area contributed by atoms with Crippen LogP contribution in [0.2, 0.25) is 0 Å².